The van der Waals surface area contributed by atoms with E-state index >= 15 is 0 Å². The highest BCUT2D eigenvalue weighted by Crippen LogP contribution is 2.40. The first-order valence-electron chi connectivity index (χ1n) is 8.98. The van der Waals surface area contributed by atoms with E-state index in [4.69, 9.17) is 9.63 Å². The lowest BCUT2D eigenvalue weighted by Crippen LogP contribution is -2.13. The molecule has 0 unspecified atom stereocenters. The summed E-state index contributed by atoms with van der Waals surface area (Å²) in [6.45, 7) is 1.79. The number of benzene rings is 1. The Hall–Kier alpha value is -2.87. The molecule has 3 aromatic rings. The molecule has 0 saturated heterocycles. The van der Waals surface area contributed by atoms with Crippen LogP contribution in [0.2, 0.25) is 0 Å². The van der Waals surface area contributed by atoms with Gasteiger partial charge in [0, 0.05) is 23.1 Å². The van der Waals surface area contributed by atoms with Crippen LogP contribution in [-0.2, 0) is 10.5 Å². The largest absolute Gasteiger partial charge is 0.481 e. The molecule has 2 N–H and O–H groups in total. The third-order valence-electron chi connectivity index (χ3n) is 4.56. The van der Waals surface area contributed by atoms with Gasteiger partial charge in [-0.3, -0.25) is 9.59 Å². The van der Waals surface area contributed by atoms with Gasteiger partial charge in [-0.15, -0.1) is 11.8 Å². The molecule has 1 amide bonds. The number of aromatic nitrogens is 2. The molecule has 1 aliphatic rings. The summed E-state index contributed by atoms with van der Waals surface area (Å²) in [5.74, 6) is -0.0902. The van der Waals surface area contributed by atoms with Crippen molar-refractivity contribution in [2.75, 3.05) is 11.1 Å². The second-order valence-electron chi connectivity index (χ2n) is 6.86. The number of aryl methyl sites for hydroxylation is 1. The Kier molecular flexibility index (Phi) is 5.04. The monoisotopic (exact) mass is 397 g/mol. The number of hydrogen-bond acceptors (Lipinski definition) is 6. The number of carbonyl (C=O) groups excluding carboxylic acids is 1. The first kappa shape index (κ1) is 18.5. The molecular formula is C20H19N3O4S. The summed E-state index contributed by atoms with van der Waals surface area (Å²) in [4.78, 5) is 28.2. The zero-order valence-corrected chi connectivity index (χ0v) is 16.1. The molecule has 1 aliphatic carbocycles. The van der Waals surface area contributed by atoms with Crippen LogP contribution in [0.25, 0.3) is 11.1 Å². The number of rotatable bonds is 7. The van der Waals surface area contributed by atoms with Gasteiger partial charge in [-0.05, 0) is 43.5 Å². The van der Waals surface area contributed by atoms with Gasteiger partial charge in [0.25, 0.3) is 11.6 Å². The number of pyridine rings is 1. The molecule has 1 aromatic carbocycles. The number of carboxylic acid groups (broad SMARTS) is 1. The van der Waals surface area contributed by atoms with E-state index in [-0.39, 0.29) is 11.7 Å². The summed E-state index contributed by atoms with van der Waals surface area (Å²) in [5, 5.41) is 16.3. The van der Waals surface area contributed by atoms with Crippen LogP contribution >= 0.6 is 11.8 Å². The van der Waals surface area contributed by atoms with E-state index in [1.165, 1.54) is 11.8 Å². The molecule has 28 heavy (non-hydrogen) atoms. The fraction of sp³-hybridized carbons (Fsp3) is 0.300. The van der Waals surface area contributed by atoms with Gasteiger partial charge in [-0.25, -0.2) is 4.98 Å². The third-order valence-corrected chi connectivity index (χ3v) is 5.54. The topological polar surface area (TPSA) is 105 Å². The maximum absolute atomic E-state index is 13.0. The quantitative estimate of drug-likeness (QED) is 0.621. The maximum atomic E-state index is 13.0. The van der Waals surface area contributed by atoms with Crippen LogP contribution in [0.15, 0.2) is 34.9 Å². The Labute approximate surface area is 165 Å². The van der Waals surface area contributed by atoms with E-state index in [0.717, 1.165) is 24.1 Å². The smallest absolute Gasteiger partial charge is 0.313 e. The first-order valence-corrected chi connectivity index (χ1v) is 10.1. The average molecular weight is 397 g/mol. The highest BCUT2D eigenvalue weighted by molar-refractivity contribution is 7.99. The van der Waals surface area contributed by atoms with E-state index in [1.54, 1.807) is 6.92 Å². The zero-order valence-electron chi connectivity index (χ0n) is 15.3. The van der Waals surface area contributed by atoms with E-state index in [2.05, 4.69) is 15.5 Å². The van der Waals surface area contributed by atoms with Crippen molar-refractivity contribution in [2.24, 2.45) is 0 Å². The van der Waals surface area contributed by atoms with E-state index < -0.39 is 5.97 Å². The van der Waals surface area contributed by atoms with Crippen LogP contribution in [-0.4, -0.2) is 32.9 Å². The van der Waals surface area contributed by atoms with Crippen molar-refractivity contribution in [2.45, 2.75) is 31.4 Å². The standard InChI is InChI=1S/C20H19N3O4S/c1-11-18-15(8-16(13-5-6-13)22-20(18)27-23-11)19(26)21-14-4-2-3-12(7-14)9-28-10-17(24)25/h2-4,7-8,13H,5-6,9-10H2,1H3,(H,21,26)(H,24,25). The molecule has 0 aliphatic heterocycles. The van der Waals surface area contributed by atoms with Crippen LogP contribution in [0.1, 0.15) is 46.1 Å². The zero-order chi connectivity index (χ0) is 19.7. The Morgan fingerprint density at radius 2 is 2.14 bits per heavy atom. The van der Waals surface area contributed by atoms with Gasteiger partial charge in [0.15, 0.2) is 0 Å². The van der Waals surface area contributed by atoms with Crippen molar-refractivity contribution in [1.29, 1.82) is 0 Å². The number of aliphatic carboxylic acids is 1. The fourth-order valence-electron chi connectivity index (χ4n) is 3.07. The number of nitrogens with zero attached hydrogens (tertiary/aromatic N) is 2. The number of nitrogens with one attached hydrogen (secondary N) is 1. The molecule has 2 aromatic heterocycles. The Morgan fingerprint density at radius 1 is 1.32 bits per heavy atom. The van der Waals surface area contributed by atoms with Crippen LogP contribution in [0.3, 0.4) is 0 Å². The predicted molar refractivity (Wildman–Crippen MR) is 107 cm³/mol. The van der Waals surface area contributed by atoms with Crippen LogP contribution in [0, 0.1) is 6.92 Å². The van der Waals surface area contributed by atoms with Gasteiger partial charge in [-0.1, -0.05) is 17.3 Å². The second kappa shape index (κ2) is 7.63. The Morgan fingerprint density at radius 3 is 2.89 bits per heavy atom. The lowest BCUT2D eigenvalue weighted by Gasteiger charge is -2.09. The molecular weight excluding hydrogens is 378 g/mol. The molecule has 4 rings (SSSR count). The molecule has 144 valence electrons. The lowest BCUT2D eigenvalue weighted by molar-refractivity contribution is -0.133. The van der Waals surface area contributed by atoms with Gasteiger partial charge >= 0.3 is 5.97 Å². The molecule has 0 bridgehead atoms. The second-order valence-corrected chi connectivity index (χ2v) is 7.84. The number of fused-ring (bicyclic) bond motifs is 1. The van der Waals surface area contributed by atoms with Gasteiger partial charge in [0.1, 0.15) is 0 Å². The molecule has 8 heteroatoms. The van der Waals surface area contributed by atoms with Gasteiger partial charge in [0.2, 0.25) is 0 Å². The summed E-state index contributed by atoms with van der Waals surface area (Å²) in [7, 11) is 0. The number of carbonyl (C=O) groups is 2. The number of hydrogen-bond donors (Lipinski definition) is 2. The van der Waals surface area contributed by atoms with E-state index in [9.17, 15) is 9.59 Å². The van der Waals surface area contributed by atoms with Gasteiger partial charge in [0.05, 0.1) is 22.4 Å². The van der Waals surface area contributed by atoms with E-state index in [1.807, 2.05) is 30.3 Å². The molecule has 1 saturated carbocycles. The van der Waals surface area contributed by atoms with Crippen LogP contribution in [0.4, 0.5) is 5.69 Å². The normalized spacial score (nSPS) is 13.6. The number of anilines is 1. The summed E-state index contributed by atoms with van der Waals surface area (Å²) in [6, 6.07) is 9.25. The minimum absolute atomic E-state index is 0.0439. The van der Waals surface area contributed by atoms with E-state index in [0.29, 0.717) is 39.7 Å². The molecule has 2 heterocycles. The fourth-order valence-corrected chi connectivity index (χ4v) is 3.77. The summed E-state index contributed by atoms with van der Waals surface area (Å²) in [5.41, 5.74) is 4.01. The Balaban J connectivity index is 1.57. The molecule has 1 fully saturated rings. The summed E-state index contributed by atoms with van der Waals surface area (Å²) in [6.07, 6.45) is 2.14. The molecule has 7 nitrogen and oxygen atoms in total. The van der Waals surface area contributed by atoms with Crippen molar-refractivity contribution in [3.8, 4) is 0 Å². The van der Waals surface area contributed by atoms with Crippen molar-refractivity contribution in [3.05, 3.63) is 52.8 Å². The average Bonchev–Trinajstić information content (AvgIpc) is 3.45. The molecule has 0 radical (unpaired) electrons. The van der Waals surface area contributed by atoms with Crippen molar-refractivity contribution >= 4 is 40.4 Å². The summed E-state index contributed by atoms with van der Waals surface area (Å²) >= 11 is 1.31. The number of thioether (sulfide) groups is 1. The Bertz CT molecular complexity index is 1060. The maximum Gasteiger partial charge on any atom is 0.313 e. The van der Waals surface area contributed by atoms with Crippen LogP contribution in [0.5, 0.6) is 0 Å². The summed E-state index contributed by atoms with van der Waals surface area (Å²) < 4.78 is 5.30. The minimum Gasteiger partial charge on any atom is -0.481 e. The van der Waals surface area contributed by atoms with Crippen LogP contribution < -0.4 is 5.32 Å². The van der Waals surface area contributed by atoms with Crippen molar-refractivity contribution in [1.82, 2.24) is 10.1 Å². The van der Waals surface area contributed by atoms with Gasteiger partial charge < -0.3 is 14.9 Å². The van der Waals surface area contributed by atoms with Gasteiger partial charge in [-0.2, -0.15) is 0 Å². The lowest BCUT2D eigenvalue weighted by atomic mass is 10.1. The van der Waals surface area contributed by atoms with Crippen molar-refractivity contribution < 1.29 is 19.2 Å². The molecule has 0 spiro atoms. The SMILES string of the molecule is Cc1noc2nc(C3CC3)cc(C(=O)Nc3cccc(CSCC(=O)O)c3)c12. The highest BCUT2D eigenvalue weighted by atomic mass is 32.2. The predicted octanol–water partition coefficient (Wildman–Crippen LogP) is 3.98. The third kappa shape index (κ3) is 4.01. The minimum atomic E-state index is -0.841. The number of carboxylic acids is 1. The van der Waals surface area contributed by atoms with Crippen molar-refractivity contribution in [3.63, 3.8) is 0 Å². The first-order chi connectivity index (χ1) is 13.5. The molecule has 0 atom stereocenters. The highest BCUT2D eigenvalue weighted by Gasteiger charge is 2.28. The number of amides is 1.